The van der Waals surface area contributed by atoms with Gasteiger partial charge < -0.3 is 10.1 Å². The smallest absolute Gasteiger partial charge is 0.307 e. The molecular formula is C18H17FN4O3S. The van der Waals surface area contributed by atoms with Crippen molar-refractivity contribution in [2.45, 2.75) is 13.3 Å². The highest BCUT2D eigenvalue weighted by molar-refractivity contribution is 7.13. The largest absolute Gasteiger partial charge is 0.466 e. The topological polar surface area (TPSA) is 86.1 Å². The molecule has 0 aliphatic carbocycles. The summed E-state index contributed by atoms with van der Waals surface area (Å²) in [5.74, 6) is -0.813. The van der Waals surface area contributed by atoms with Crippen LogP contribution < -0.4 is 5.32 Å². The number of carbonyl (C=O) groups excluding carboxylic acids is 2. The maximum atomic E-state index is 13.2. The Kier molecular flexibility index (Phi) is 5.92. The highest BCUT2D eigenvalue weighted by atomic mass is 32.1. The van der Waals surface area contributed by atoms with Gasteiger partial charge in [-0.15, -0.1) is 16.4 Å². The lowest BCUT2D eigenvalue weighted by Crippen LogP contribution is -2.27. The highest BCUT2D eigenvalue weighted by Gasteiger charge is 2.19. The molecule has 0 saturated heterocycles. The van der Waals surface area contributed by atoms with Crippen LogP contribution in [0.15, 0.2) is 41.8 Å². The van der Waals surface area contributed by atoms with E-state index < -0.39 is 5.91 Å². The molecule has 140 valence electrons. The van der Waals surface area contributed by atoms with Crippen molar-refractivity contribution >= 4 is 23.2 Å². The molecule has 2 heterocycles. The molecule has 0 aliphatic heterocycles. The molecule has 0 atom stereocenters. The molecule has 0 spiro atoms. The third kappa shape index (κ3) is 4.56. The van der Waals surface area contributed by atoms with E-state index in [0.29, 0.717) is 18.1 Å². The fraction of sp³-hybridized carbons (Fsp3) is 0.222. The Labute approximate surface area is 158 Å². The number of hydrogen-bond donors (Lipinski definition) is 1. The van der Waals surface area contributed by atoms with Gasteiger partial charge in [-0.05, 0) is 42.6 Å². The molecule has 27 heavy (non-hydrogen) atoms. The maximum absolute atomic E-state index is 13.2. The molecule has 0 unspecified atom stereocenters. The molecule has 7 nitrogen and oxygen atoms in total. The number of amides is 1. The quantitative estimate of drug-likeness (QED) is 0.629. The molecule has 1 amide bonds. The van der Waals surface area contributed by atoms with Gasteiger partial charge in [-0.25, -0.2) is 14.1 Å². The van der Waals surface area contributed by atoms with Crippen LogP contribution in [-0.4, -0.2) is 39.8 Å². The molecule has 1 aromatic carbocycles. The van der Waals surface area contributed by atoms with Crippen molar-refractivity contribution in [2.24, 2.45) is 0 Å². The third-order valence-corrected chi connectivity index (χ3v) is 4.41. The zero-order chi connectivity index (χ0) is 19.2. The summed E-state index contributed by atoms with van der Waals surface area (Å²) in [5, 5.41) is 8.75. The van der Waals surface area contributed by atoms with E-state index in [2.05, 4.69) is 15.4 Å². The molecule has 2 aromatic heterocycles. The van der Waals surface area contributed by atoms with Crippen molar-refractivity contribution in [1.29, 1.82) is 0 Å². The van der Waals surface area contributed by atoms with Crippen LogP contribution in [0.25, 0.3) is 16.4 Å². The van der Waals surface area contributed by atoms with E-state index >= 15 is 0 Å². The number of hydrogen-bond acceptors (Lipinski definition) is 6. The summed E-state index contributed by atoms with van der Waals surface area (Å²) < 4.78 is 19.5. The van der Waals surface area contributed by atoms with Crippen LogP contribution in [0.3, 0.4) is 0 Å². The van der Waals surface area contributed by atoms with E-state index in [4.69, 9.17) is 4.74 Å². The average molecular weight is 388 g/mol. The first-order valence-corrected chi connectivity index (χ1v) is 9.17. The van der Waals surface area contributed by atoms with E-state index in [1.54, 1.807) is 19.1 Å². The minimum atomic E-state index is -0.502. The number of carbonyl (C=O) groups is 2. The summed E-state index contributed by atoms with van der Waals surface area (Å²) in [7, 11) is 0. The standard InChI is InChI=1S/C18H17FN4O3S/c1-2-26-15(24)9-10-20-18(25)16-21-17(14-4-3-11-27-14)23(22-16)13-7-5-12(19)6-8-13/h3-8,11H,2,9-10H2,1H3,(H,20,25). The van der Waals surface area contributed by atoms with Crippen LogP contribution in [0.2, 0.25) is 0 Å². The molecule has 0 aliphatic rings. The monoisotopic (exact) mass is 388 g/mol. The van der Waals surface area contributed by atoms with Gasteiger partial charge >= 0.3 is 5.97 Å². The first-order chi connectivity index (χ1) is 13.1. The van der Waals surface area contributed by atoms with Gasteiger partial charge in [-0.2, -0.15) is 0 Å². The minimum Gasteiger partial charge on any atom is -0.466 e. The summed E-state index contributed by atoms with van der Waals surface area (Å²) in [5.41, 5.74) is 0.581. The Bertz CT molecular complexity index is 923. The number of esters is 1. The minimum absolute atomic E-state index is 0.0356. The van der Waals surface area contributed by atoms with Crippen molar-refractivity contribution in [3.05, 3.63) is 53.4 Å². The van der Waals surface area contributed by atoms with Gasteiger partial charge in [0.1, 0.15) is 5.82 Å². The number of nitrogens with one attached hydrogen (secondary N) is 1. The van der Waals surface area contributed by atoms with Crippen molar-refractivity contribution in [3.8, 4) is 16.4 Å². The Hall–Kier alpha value is -3.07. The Morgan fingerprint density at radius 2 is 2.04 bits per heavy atom. The molecule has 0 radical (unpaired) electrons. The number of aromatic nitrogens is 3. The van der Waals surface area contributed by atoms with Crippen LogP contribution in [0.5, 0.6) is 0 Å². The van der Waals surface area contributed by atoms with Gasteiger partial charge in [-0.1, -0.05) is 6.07 Å². The van der Waals surface area contributed by atoms with Crippen LogP contribution in [-0.2, 0) is 9.53 Å². The van der Waals surface area contributed by atoms with Gasteiger partial charge in [-0.3, -0.25) is 9.59 Å². The second kappa shape index (κ2) is 8.54. The predicted octanol–water partition coefficient (Wildman–Crippen LogP) is 2.82. The lowest BCUT2D eigenvalue weighted by molar-refractivity contribution is -0.142. The van der Waals surface area contributed by atoms with Crippen LogP contribution in [0.4, 0.5) is 4.39 Å². The Morgan fingerprint density at radius 3 is 2.70 bits per heavy atom. The molecular weight excluding hydrogens is 371 g/mol. The van der Waals surface area contributed by atoms with Gasteiger partial charge in [0.15, 0.2) is 5.82 Å². The van der Waals surface area contributed by atoms with E-state index in [0.717, 1.165) is 4.88 Å². The fourth-order valence-electron chi connectivity index (χ4n) is 2.33. The molecule has 0 fully saturated rings. The average Bonchev–Trinajstić information content (AvgIpc) is 3.32. The number of ether oxygens (including phenoxy) is 1. The van der Waals surface area contributed by atoms with Gasteiger partial charge in [0.25, 0.3) is 5.91 Å². The van der Waals surface area contributed by atoms with E-state index in [-0.39, 0.29) is 30.6 Å². The summed E-state index contributed by atoms with van der Waals surface area (Å²) >= 11 is 1.45. The Morgan fingerprint density at radius 1 is 1.26 bits per heavy atom. The molecule has 3 aromatic rings. The van der Waals surface area contributed by atoms with Crippen molar-refractivity contribution in [2.75, 3.05) is 13.2 Å². The zero-order valence-electron chi connectivity index (χ0n) is 14.5. The van der Waals surface area contributed by atoms with Crippen LogP contribution >= 0.6 is 11.3 Å². The van der Waals surface area contributed by atoms with E-state index in [9.17, 15) is 14.0 Å². The zero-order valence-corrected chi connectivity index (χ0v) is 15.3. The highest BCUT2D eigenvalue weighted by Crippen LogP contribution is 2.25. The molecule has 0 bridgehead atoms. The SMILES string of the molecule is CCOC(=O)CCNC(=O)c1nc(-c2cccs2)n(-c2ccc(F)cc2)n1. The normalized spacial score (nSPS) is 10.6. The maximum Gasteiger partial charge on any atom is 0.307 e. The van der Waals surface area contributed by atoms with E-state index in [1.807, 2.05) is 17.5 Å². The lowest BCUT2D eigenvalue weighted by atomic mass is 10.3. The fourth-order valence-corrected chi connectivity index (χ4v) is 3.02. The number of benzene rings is 1. The number of rotatable bonds is 7. The summed E-state index contributed by atoms with van der Waals surface area (Å²) in [6.07, 6.45) is 0.0655. The second-order valence-corrected chi connectivity index (χ2v) is 6.38. The van der Waals surface area contributed by atoms with Gasteiger partial charge in [0, 0.05) is 6.54 Å². The number of nitrogens with zero attached hydrogens (tertiary/aromatic N) is 3. The third-order valence-electron chi connectivity index (χ3n) is 3.54. The van der Waals surface area contributed by atoms with Crippen molar-refractivity contribution in [3.63, 3.8) is 0 Å². The second-order valence-electron chi connectivity index (χ2n) is 5.44. The van der Waals surface area contributed by atoms with Crippen LogP contribution in [0.1, 0.15) is 24.0 Å². The van der Waals surface area contributed by atoms with Crippen LogP contribution in [0, 0.1) is 5.82 Å². The van der Waals surface area contributed by atoms with E-state index in [1.165, 1.54) is 28.2 Å². The lowest BCUT2D eigenvalue weighted by Gasteiger charge is -2.04. The molecule has 3 rings (SSSR count). The summed E-state index contributed by atoms with van der Waals surface area (Å²) in [6.45, 7) is 2.13. The molecule has 9 heteroatoms. The first kappa shape index (κ1) is 18.7. The number of thiophene rings is 1. The van der Waals surface area contributed by atoms with Gasteiger partial charge in [0.2, 0.25) is 5.82 Å². The summed E-state index contributed by atoms with van der Waals surface area (Å²) in [4.78, 5) is 28.8. The first-order valence-electron chi connectivity index (χ1n) is 8.29. The molecule has 0 saturated carbocycles. The van der Waals surface area contributed by atoms with Crippen molar-refractivity contribution < 1.29 is 18.7 Å². The Balaban J connectivity index is 1.82. The number of halogens is 1. The predicted molar refractivity (Wildman–Crippen MR) is 98.2 cm³/mol. The van der Waals surface area contributed by atoms with Gasteiger partial charge in [0.05, 0.1) is 23.6 Å². The summed E-state index contributed by atoms with van der Waals surface area (Å²) in [6, 6.07) is 9.47. The van der Waals surface area contributed by atoms with Crippen molar-refractivity contribution in [1.82, 2.24) is 20.1 Å². The molecule has 1 N–H and O–H groups in total.